The number of ether oxygens (including phenoxy) is 1. The van der Waals surface area contributed by atoms with Gasteiger partial charge in [-0.1, -0.05) is 0 Å². The summed E-state index contributed by atoms with van der Waals surface area (Å²) in [5, 5.41) is 9.95. The van der Waals surface area contributed by atoms with Crippen molar-refractivity contribution < 1.29 is 9.66 Å². The molecule has 0 aliphatic heterocycles. The number of nitrogens with zero attached hydrogens (tertiary/aromatic N) is 1. The third-order valence-corrected chi connectivity index (χ3v) is 1.42. The highest BCUT2D eigenvalue weighted by Crippen LogP contribution is 2.12. The van der Waals surface area contributed by atoms with Gasteiger partial charge in [0.15, 0.2) is 6.61 Å². The van der Waals surface area contributed by atoms with Crippen LogP contribution in [-0.2, 0) is 0 Å². The van der Waals surface area contributed by atoms with Gasteiger partial charge in [0.25, 0.3) is 0 Å². The number of nitro groups is 1. The first-order valence-electron chi connectivity index (χ1n) is 3.78. The number of rotatable bonds is 4. The van der Waals surface area contributed by atoms with Crippen LogP contribution in [0.15, 0.2) is 24.3 Å². The van der Waals surface area contributed by atoms with Gasteiger partial charge in [0.2, 0.25) is 6.54 Å². The van der Waals surface area contributed by atoms with Gasteiger partial charge in [-0.3, -0.25) is 10.1 Å². The van der Waals surface area contributed by atoms with Crippen molar-refractivity contribution in [3.63, 3.8) is 0 Å². The highest BCUT2D eigenvalue weighted by atomic mass is 16.6. The van der Waals surface area contributed by atoms with E-state index in [0.29, 0.717) is 11.4 Å². The number of hydrogen-bond acceptors (Lipinski definition) is 4. The van der Waals surface area contributed by atoms with Crippen molar-refractivity contribution in [2.75, 3.05) is 18.9 Å². The van der Waals surface area contributed by atoms with E-state index < -0.39 is 4.92 Å². The van der Waals surface area contributed by atoms with Crippen LogP contribution in [0, 0.1) is 10.1 Å². The lowest BCUT2D eigenvalue weighted by molar-refractivity contribution is -0.481. The van der Waals surface area contributed by atoms with Crippen LogP contribution in [0.3, 0.4) is 0 Å². The minimum Gasteiger partial charge on any atom is -0.487 e. The number of anilines is 1. The first-order valence-corrected chi connectivity index (χ1v) is 3.78. The van der Waals surface area contributed by atoms with Crippen molar-refractivity contribution in [2.24, 2.45) is 0 Å². The van der Waals surface area contributed by atoms with Gasteiger partial charge in [0.1, 0.15) is 5.75 Å². The van der Waals surface area contributed by atoms with E-state index in [9.17, 15) is 10.1 Å². The second-order valence-corrected chi connectivity index (χ2v) is 2.47. The molecule has 70 valence electrons. The largest absolute Gasteiger partial charge is 0.487 e. The Morgan fingerprint density at radius 1 is 1.38 bits per heavy atom. The minimum absolute atomic E-state index is 0.0803. The Hall–Kier alpha value is -1.78. The molecule has 2 N–H and O–H groups in total. The fourth-order valence-electron chi connectivity index (χ4n) is 0.802. The van der Waals surface area contributed by atoms with Gasteiger partial charge in [0.05, 0.1) is 0 Å². The van der Waals surface area contributed by atoms with Gasteiger partial charge in [-0.2, -0.15) is 0 Å². The average molecular weight is 182 g/mol. The van der Waals surface area contributed by atoms with Crippen LogP contribution in [-0.4, -0.2) is 18.1 Å². The van der Waals surface area contributed by atoms with Crippen molar-refractivity contribution in [1.29, 1.82) is 0 Å². The third-order valence-electron chi connectivity index (χ3n) is 1.42. The first kappa shape index (κ1) is 9.31. The highest BCUT2D eigenvalue weighted by molar-refractivity contribution is 5.41. The molecular formula is C8H10N2O3. The van der Waals surface area contributed by atoms with Gasteiger partial charge < -0.3 is 10.5 Å². The molecule has 0 aliphatic rings. The normalized spacial score (nSPS) is 9.54. The quantitative estimate of drug-likeness (QED) is 0.426. The lowest BCUT2D eigenvalue weighted by atomic mass is 10.3. The average Bonchev–Trinajstić information content (AvgIpc) is 2.08. The Morgan fingerprint density at radius 3 is 2.54 bits per heavy atom. The van der Waals surface area contributed by atoms with Gasteiger partial charge >= 0.3 is 0 Å². The first-order chi connectivity index (χ1) is 6.18. The van der Waals surface area contributed by atoms with Crippen molar-refractivity contribution >= 4 is 5.69 Å². The summed E-state index contributed by atoms with van der Waals surface area (Å²) in [6.45, 7) is -0.110. The predicted octanol–water partition coefficient (Wildman–Crippen LogP) is 0.924. The Balaban J connectivity index is 2.37. The number of hydrogen-bond donors (Lipinski definition) is 1. The second-order valence-electron chi connectivity index (χ2n) is 2.47. The molecule has 0 radical (unpaired) electrons. The lowest BCUT2D eigenvalue weighted by Crippen LogP contribution is -2.10. The van der Waals surface area contributed by atoms with Crippen LogP contribution in [0.2, 0.25) is 0 Å². The molecule has 0 aromatic heterocycles. The molecule has 1 aromatic rings. The lowest BCUT2D eigenvalue weighted by Gasteiger charge is -2.02. The van der Waals surface area contributed by atoms with Crippen molar-refractivity contribution in [2.45, 2.75) is 0 Å². The van der Waals surface area contributed by atoms with E-state index in [-0.39, 0.29) is 13.2 Å². The van der Waals surface area contributed by atoms with Crippen molar-refractivity contribution in [1.82, 2.24) is 0 Å². The summed E-state index contributed by atoms with van der Waals surface area (Å²) in [6.07, 6.45) is 0. The van der Waals surface area contributed by atoms with E-state index in [0.717, 1.165) is 0 Å². The topological polar surface area (TPSA) is 78.4 Å². The smallest absolute Gasteiger partial charge is 0.237 e. The third kappa shape index (κ3) is 3.42. The van der Waals surface area contributed by atoms with E-state index in [4.69, 9.17) is 10.5 Å². The summed E-state index contributed by atoms with van der Waals surface area (Å²) >= 11 is 0. The molecule has 0 saturated carbocycles. The van der Waals surface area contributed by atoms with Crippen LogP contribution in [0.25, 0.3) is 0 Å². The van der Waals surface area contributed by atoms with Crippen molar-refractivity contribution in [3.05, 3.63) is 34.4 Å². The highest BCUT2D eigenvalue weighted by Gasteiger charge is 1.97. The van der Waals surface area contributed by atoms with E-state index in [1.807, 2.05) is 0 Å². The molecule has 0 amide bonds. The molecule has 1 rings (SSSR count). The van der Waals surface area contributed by atoms with Crippen molar-refractivity contribution in [3.8, 4) is 5.75 Å². The molecule has 0 unspecified atom stereocenters. The van der Waals surface area contributed by atoms with Gasteiger partial charge in [-0.15, -0.1) is 0 Å². The van der Waals surface area contributed by atoms with E-state index >= 15 is 0 Å². The molecule has 1 aromatic carbocycles. The number of nitrogen functional groups attached to an aromatic ring is 1. The van der Waals surface area contributed by atoms with Crippen LogP contribution in [0.4, 0.5) is 5.69 Å². The molecule has 0 saturated heterocycles. The maximum atomic E-state index is 9.95. The van der Waals surface area contributed by atoms with Crippen LogP contribution in [0.5, 0.6) is 5.75 Å². The van der Waals surface area contributed by atoms with E-state index in [2.05, 4.69) is 0 Å². The monoisotopic (exact) mass is 182 g/mol. The summed E-state index contributed by atoms with van der Waals surface area (Å²) in [5.41, 5.74) is 6.08. The summed E-state index contributed by atoms with van der Waals surface area (Å²) in [5.74, 6) is 0.594. The predicted molar refractivity (Wildman–Crippen MR) is 48.2 cm³/mol. The minimum atomic E-state index is -0.419. The fraction of sp³-hybridized carbons (Fsp3) is 0.250. The van der Waals surface area contributed by atoms with Gasteiger partial charge in [-0.25, -0.2) is 0 Å². The molecular weight excluding hydrogens is 172 g/mol. The maximum absolute atomic E-state index is 9.95. The molecule has 0 heterocycles. The molecule has 0 fully saturated rings. The molecule has 13 heavy (non-hydrogen) atoms. The number of nitrogens with two attached hydrogens (primary N) is 1. The molecule has 5 nitrogen and oxygen atoms in total. The number of benzene rings is 1. The Kier molecular flexibility index (Phi) is 3.08. The van der Waals surface area contributed by atoms with Crippen LogP contribution >= 0.6 is 0 Å². The zero-order valence-electron chi connectivity index (χ0n) is 6.97. The maximum Gasteiger partial charge on any atom is 0.237 e. The van der Waals surface area contributed by atoms with Gasteiger partial charge in [-0.05, 0) is 24.3 Å². The Labute approximate surface area is 75.3 Å². The Morgan fingerprint density at radius 2 is 2.00 bits per heavy atom. The zero-order valence-corrected chi connectivity index (χ0v) is 6.97. The second kappa shape index (κ2) is 4.30. The zero-order chi connectivity index (χ0) is 9.68. The van der Waals surface area contributed by atoms with Gasteiger partial charge in [0, 0.05) is 10.6 Å². The molecule has 0 bridgehead atoms. The summed E-state index contributed by atoms with van der Waals surface area (Å²) in [4.78, 5) is 9.53. The molecule has 0 atom stereocenters. The molecule has 0 spiro atoms. The summed E-state index contributed by atoms with van der Waals surface area (Å²) in [7, 11) is 0. The van der Waals surface area contributed by atoms with Crippen LogP contribution in [0.1, 0.15) is 0 Å². The molecule has 0 aliphatic carbocycles. The van der Waals surface area contributed by atoms with E-state index in [1.54, 1.807) is 24.3 Å². The summed E-state index contributed by atoms with van der Waals surface area (Å²) in [6, 6.07) is 6.72. The fourth-order valence-corrected chi connectivity index (χ4v) is 0.802. The standard InChI is InChI=1S/C8H10N2O3/c9-7-1-3-8(4-2-7)13-6-5-10(11)12/h1-4H,5-6,9H2. The SMILES string of the molecule is Nc1ccc(OCC[N+](=O)[O-])cc1. The van der Waals surface area contributed by atoms with Crippen LogP contribution < -0.4 is 10.5 Å². The molecule has 5 heteroatoms. The van der Waals surface area contributed by atoms with E-state index in [1.165, 1.54) is 0 Å². The Bertz CT molecular complexity index is 284. The summed E-state index contributed by atoms with van der Waals surface area (Å²) < 4.78 is 5.07.